The molecule has 0 aromatic heterocycles. The van der Waals surface area contributed by atoms with Crippen molar-refractivity contribution >= 4 is 11.7 Å². The predicted octanol–water partition coefficient (Wildman–Crippen LogP) is 3.80. The average Bonchev–Trinajstić information content (AvgIpc) is 2.36. The molecule has 1 atom stereocenters. The van der Waals surface area contributed by atoms with Crippen LogP contribution in [0.2, 0.25) is 0 Å². The van der Waals surface area contributed by atoms with Crippen LogP contribution in [0, 0.1) is 5.92 Å². The highest BCUT2D eigenvalue weighted by atomic mass is 19.4. The Hall–Kier alpha value is -1.76. The number of hydrogen-bond acceptors (Lipinski definition) is 2. The van der Waals surface area contributed by atoms with Crippen LogP contribution in [0.1, 0.15) is 25.8 Å². The van der Waals surface area contributed by atoms with Gasteiger partial charge in [-0.25, -0.2) is 4.79 Å². The summed E-state index contributed by atoms with van der Waals surface area (Å²) in [5.41, 5.74) is -0.419. The number of hydrogen-bond donors (Lipinski definition) is 2. The highest BCUT2D eigenvalue weighted by molar-refractivity contribution is 5.89. The largest absolute Gasteiger partial charge is 0.416 e. The van der Waals surface area contributed by atoms with Gasteiger partial charge in [0.15, 0.2) is 0 Å². The third-order valence-electron chi connectivity index (χ3n) is 3.15. The first-order valence-corrected chi connectivity index (χ1v) is 7.47. The minimum atomic E-state index is -4.38. The minimum Gasteiger partial charge on any atom is -0.334 e. The van der Waals surface area contributed by atoms with Crippen LogP contribution in [-0.4, -0.2) is 37.6 Å². The van der Waals surface area contributed by atoms with Crippen molar-refractivity contribution in [3.05, 3.63) is 29.8 Å². The Bertz CT molecular complexity index is 488. The van der Waals surface area contributed by atoms with Crippen LogP contribution >= 0.6 is 0 Å². The number of rotatable bonds is 6. The van der Waals surface area contributed by atoms with Crippen molar-refractivity contribution in [2.75, 3.05) is 26.0 Å². The number of alkyl halides is 3. The zero-order valence-electron chi connectivity index (χ0n) is 13.9. The molecular formula is C16H24F3N3O. The third kappa shape index (κ3) is 7.36. The molecule has 0 aliphatic carbocycles. The molecule has 2 N–H and O–H groups in total. The number of carbonyl (C=O) groups is 1. The summed E-state index contributed by atoms with van der Waals surface area (Å²) < 4.78 is 37.5. The van der Waals surface area contributed by atoms with Gasteiger partial charge >= 0.3 is 12.2 Å². The molecule has 7 heteroatoms. The summed E-state index contributed by atoms with van der Waals surface area (Å²) in [6, 6.07) is 3.93. The van der Waals surface area contributed by atoms with E-state index in [0.29, 0.717) is 18.2 Å². The highest BCUT2D eigenvalue weighted by Gasteiger charge is 2.30. The summed E-state index contributed by atoms with van der Waals surface area (Å²) in [4.78, 5) is 14.0. The van der Waals surface area contributed by atoms with Gasteiger partial charge in [-0.3, -0.25) is 0 Å². The smallest absolute Gasteiger partial charge is 0.334 e. The quantitative estimate of drug-likeness (QED) is 0.833. The Morgan fingerprint density at radius 3 is 2.17 bits per heavy atom. The maximum Gasteiger partial charge on any atom is 0.416 e. The van der Waals surface area contributed by atoms with Crippen molar-refractivity contribution in [2.24, 2.45) is 5.92 Å². The predicted molar refractivity (Wildman–Crippen MR) is 85.4 cm³/mol. The third-order valence-corrected chi connectivity index (χ3v) is 3.15. The van der Waals surface area contributed by atoms with Gasteiger partial charge in [0, 0.05) is 18.3 Å². The molecule has 130 valence electrons. The van der Waals surface area contributed by atoms with E-state index in [-0.39, 0.29) is 6.04 Å². The van der Waals surface area contributed by atoms with Gasteiger partial charge < -0.3 is 15.5 Å². The lowest BCUT2D eigenvalue weighted by molar-refractivity contribution is -0.137. The molecule has 23 heavy (non-hydrogen) atoms. The van der Waals surface area contributed by atoms with E-state index in [1.165, 1.54) is 12.1 Å². The van der Waals surface area contributed by atoms with Gasteiger partial charge in [0.1, 0.15) is 0 Å². The van der Waals surface area contributed by atoms with E-state index in [2.05, 4.69) is 24.5 Å². The summed E-state index contributed by atoms with van der Waals surface area (Å²) in [5.74, 6) is 0.423. The number of nitrogens with zero attached hydrogens (tertiary/aromatic N) is 1. The Morgan fingerprint density at radius 2 is 1.74 bits per heavy atom. The van der Waals surface area contributed by atoms with E-state index < -0.39 is 17.8 Å². The van der Waals surface area contributed by atoms with Crippen LogP contribution in [0.4, 0.5) is 23.7 Å². The minimum absolute atomic E-state index is 0.0283. The highest BCUT2D eigenvalue weighted by Crippen LogP contribution is 2.29. The molecule has 0 saturated carbocycles. The first-order valence-electron chi connectivity index (χ1n) is 7.47. The van der Waals surface area contributed by atoms with Crippen molar-refractivity contribution in [1.82, 2.24) is 10.2 Å². The van der Waals surface area contributed by atoms with Gasteiger partial charge in [-0.05, 0) is 50.7 Å². The summed E-state index contributed by atoms with van der Waals surface area (Å²) in [6.07, 6.45) is -3.56. The van der Waals surface area contributed by atoms with Gasteiger partial charge in [-0.2, -0.15) is 13.2 Å². The van der Waals surface area contributed by atoms with Crippen LogP contribution in [0.25, 0.3) is 0 Å². The molecule has 0 radical (unpaired) electrons. The monoisotopic (exact) mass is 331 g/mol. The maximum atomic E-state index is 12.5. The van der Waals surface area contributed by atoms with Gasteiger partial charge in [0.2, 0.25) is 0 Å². The number of carbonyl (C=O) groups excluding carboxylic acids is 1. The number of nitrogens with one attached hydrogen (secondary N) is 2. The van der Waals surface area contributed by atoms with Crippen molar-refractivity contribution < 1.29 is 18.0 Å². The molecule has 0 saturated heterocycles. The maximum absolute atomic E-state index is 12.5. The van der Waals surface area contributed by atoms with E-state index in [1.54, 1.807) is 0 Å². The summed E-state index contributed by atoms with van der Waals surface area (Å²) >= 11 is 0. The lowest BCUT2D eigenvalue weighted by Gasteiger charge is -2.24. The van der Waals surface area contributed by atoms with E-state index >= 15 is 0 Å². The van der Waals surface area contributed by atoms with Gasteiger partial charge in [0.25, 0.3) is 0 Å². The molecule has 1 unspecified atom stereocenters. The Balaban J connectivity index is 2.63. The number of benzene rings is 1. The topological polar surface area (TPSA) is 44.4 Å². The number of urea groups is 1. The molecule has 0 bridgehead atoms. The first-order chi connectivity index (χ1) is 10.6. The Morgan fingerprint density at radius 1 is 1.17 bits per heavy atom. The van der Waals surface area contributed by atoms with Crippen molar-refractivity contribution in [2.45, 2.75) is 32.5 Å². The average molecular weight is 331 g/mol. The zero-order valence-corrected chi connectivity index (χ0v) is 13.9. The number of halogens is 3. The van der Waals surface area contributed by atoms with E-state index in [4.69, 9.17) is 0 Å². The van der Waals surface area contributed by atoms with E-state index in [0.717, 1.165) is 18.6 Å². The fourth-order valence-electron chi connectivity index (χ4n) is 2.28. The van der Waals surface area contributed by atoms with E-state index in [1.807, 2.05) is 19.0 Å². The second kappa shape index (κ2) is 8.19. The molecule has 2 amide bonds. The molecule has 4 nitrogen and oxygen atoms in total. The van der Waals surface area contributed by atoms with Gasteiger partial charge in [0.05, 0.1) is 5.56 Å². The lowest BCUT2D eigenvalue weighted by atomic mass is 10.0. The standard InChI is InChI=1S/C16H24F3N3O/c1-11(2)9-14(10-22(3)4)21-15(23)20-13-7-5-12(6-8-13)16(17,18)19/h5-8,11,14H,9-10H2,1-4H3,(H2,20,21,23). The molecular weight excluding hydrogens is 307 g/mol. The van der Waals surface area contributed by atoms with Crippen LogP contribution in [0.5, 0.6) is 0 Å². The van der Waals surface area contributed by atoms with Crippen molar-refractivity contribution in [1.29, 1.82) is 0 Å². The fraction of sp³-hybridized carbons (Fsp3) is 0.562. The summed E-state index contributed by atoms with van der Waals surface area (Å²) in [5, 5.41) is 5.42. The summed E-state index contributed by atoms with van der Waals surface area (Å²) in [6.45, 7) is 4.83. The molecule has 0 fully saturated rings. The molecule has 1 rings (SSSR count). The number of likely N-dealkylation sites (N-methyl/N-ethyl adjacent to an activating group) is 1. The van der Waals surface area contributed by atoms with Crippen LogP contribution in [0.15, 0.2) is 24.3 Å². The second-order valence-corrected chi connectivity index (χ2v) is 6.26. The fourth-order valence-corrected chi connectivity index (χ4v) is 2.28. The SMILES string of the molecule is CC(C)CC(CN(C)C)NC(=O)Nc1ccc(C(F)(F)F)cc1. The molecule has 0 aliphatic heterocycles. The number of anilines is 1. The van der Waals surface area contributed by atoms with Crippen molar-refractivity contribution in [3.8, 4) is 0 Å². The normalized spacial score (nSPS) is 13.3. The van der Waals surface area contributed by atoms with Crippen LogP contribution in [0.3, 0.4) is 0 Å². The summed E-state index contributed by atoms with van der Waals surface area (Å²) in [7, 11) is 3.84. The van der Waals surface area contributed by atoms with Crippen LogP contribution < -0.4 is 10.6 Å². The number of amides is 2. The molecule has 0 spiro atoms. The molecule has 1 aromatic carbocycles. The lowest BCUT2D eigenvalue weighted by Crippen LogP contribution is -2.44. The molecule has 0 heterocycles. The Labute approximate surface area is 135 Å². The van der Waals surface area contributed by atoms with Gasteiger partial charge in [-0.15, -0.1) is 0 Å². The second-order valence-electron chi connectivity index (χ2n) is 6.26. The van der Waals surface area contributed by atoms with Crippen LogP contribution in [-0.2, 0) is 6.18 Å². The zero-order chi connectivity index (χ0) is 17.6. The van der Waals surface area contributed by atoms with Crippen molar-refractivity contribution in [3.63, 3.8) is 0 Å². The van der Waals surface area contributed by atoms with Gasteiger partial charge in [-0.1, -0.05) is 13.8 Å². The first kappa shape index (κ1) is 19.3. The van der Waals surface area contributed by atoms with E-state index in [9.17, 15) is 18.0 Å². The molecule has 0 aliphatic rings. The molecule has 1 aromatic rings. The Kier molecular flexibility index (Phi) is 6.87.